The molecule has 0 saturated heterocycles. The predicted molar refractivity (Wildman–Crippen MR) is 105 cm³/mol. The highest BCUT2D eigenvalue weighted by atomic mass is 79.9. The molecule has 1 aromatic carbocycles. The molecule has 0 aliphatic carbocycles. The summed E-state index contributed by atoms with van der Waals surface area (Å²) < 4.78 is 11.0. The number of nitrogens with one attached hydrogen (secondary N) is 1. The van der Waals surface area contributed by atoms with Crippen LogP contribution in [0.4, 0.5) is 5.00 Å². The SMILES string of the molecule is COC(=O)c1c(-c2ccc(Br)cc2)csc1NC(=O)/C=C/c1ccco1. The van der Waals surface area contributed by atoms with E-state index in [1.54, 1.807) is 18.2 Å². The number of thiophene rings is 1. The van der Waals surface area contributed by atoms with Crippen LogP contribution >= 0.6 is 27.3 Å². The highest BCUT2D eigenvalue weighted by Crippen LogP contribution is 2.36. The molecule has 3 aromatic rings. The predicted octanol–water partition coefficient (Wildman–Crippen LogP) is 5.21. The molecule has 0 unspecified atom stereocenters. The summed E-state index contributed by atoms with van der Waals surface area (Å²) in [7, 11) is 1.31. The number of hydrogen-bond acceptors (Lipinski definition) is 5. The first-order valence-corrected chi connectivity index (χ1v) is 9.24. The van der Waals surface area contributed by atoms with Gasteiger partial charge in [-0.15, -0.1) is 11.3 Å². The number of rotatable bonds is 5. The Bertz CT molecular complexity index is 943. The van der Waals surface area contributed by atoms with Gasteiger partial charge >= 0.3 is 5.97 Å². The van der Waals surface area contributed by atoms with Gasteiger partial charge in [0.1, 0.15) is 16.3 Å². The number of ether oxygens (including phenoxy) is 1. The third kappa shape index (κ3) is 4.12. The molecule has 0 radical (unpaired) electrons. The molecule has 0 spiro atoms. The lowest BCUT2D eigenvalue weighted by atomic mass is 10.0. The van der Waals surface area contributed by atoms with Crippen LogP contribution in [0.3, 0.4) is 0 Å². The van der Waals surface area contributed by atoms with Gasteiger partial charge in [-0.1, -0.05) is 28.1 Å². The van der Waals surface area contributed by atoms with E-state index in [9.17, 15) is 9.59 Å². The number of hydrogen-bond donors (Lipinski definition) is 1. The van der Waals surface area contributed by atoms with Crippen molar-refractivity contribution in [3.63, 3.8) is 0 Å². The van der Waals surface area contributed by atoms with Gasteiger partial charge in [0.05, 0.1) is 13.4 Å². The molecule has 0 fully saturated rings. The zero-order chi connectivity index (χ0) is 18.5. The topological polar surface area (TPSA) is 68.5 Å². The Morgan fingerprint density at radius 2 is 2.00 bits per heavy atom. The number of carbonyl (C=O) groups excluding carboxylic acids is 2. The summed E-state index contributed by atoms with van der Waals surface area (Å²) in [6.07, 6.45) is 4.42. The van der Waals surface area contributed by atoms with E-state index in [0.29, 0.717) is 21.9 Å². The van der Waals surface area contributed by atoms with Gasteiger partial charge in [0.15, 0.2) is 0 Å². The Balaban J connectivity index is 1.88. The Labute approximate surface area is 162 Å². The van der Waals surface area contributed by atoms with Crippen molar-refractivity contribution in [1.29, 1.82) is 0 Å². The maximum atomic E-state index is 12.3. The van der Waals surface area contributed by atoms with Crippen LogP contribution in [-0.4, -0.2) is 19.0 Å². The van der Waals surface area contributed by atoms with E-state index in [0.717, 1.165) is 10.0 Å². The quantitative estimate of drug-likeness (QED) is 0.444. The Morgan fingerprint density at radius 1 is 1.23 bits per heavy atom. The average Bonchev–Trinajstić information content (AvgIpc) is 3.30. The second-order valence-corrected chi connectivity index (χ2v) is 6.99. The second kappa shape index (κ2) is 8.16. The summed E-state index contributed by atoms with van der Waals surface area (Å²) in [6, 6.07) is 11.0. The summed E-state index contributed by atoms with van der Waals surface area (Å²) in [5.41, 5.74) is 1.90. The molecule has 0 saturated carbocycles. The first-order valence-electron chi connectivity index (χ1n) is 7.57. The lowest BCUT2D eigenvalue weighted by molar-refractivity contribution is -0.111. The highest BCUT2D eigenvalue weighted by molar-refractivity contribution is 9.10. The first kappa shape index (κ1) is 18.2. The number of amides is 1. The Morgan fingerprint density at radius 3 is 2.65 bits per heavy atom. The fourth-order valence-electron chi connectivity index (χ4n) is 2.29. The third-order valence-corrected chi connectivity index (χ3v) is 4.94. The molecule has 3 rings (SSSR count). The molecule has 132 valence electrons. The zero-order valence-corrected chi connectivity index (χ0v) is 16.1. The van der Waals surface area contributed by atoms with Crippen LogP contribution < -0.4 is 5.32 Å². The molecule has 0 atom stereocenters. The van der Waals surface area contributed by atoms with Crippen molar-refractivity contribution in [3.8, 4) is 11.1 Å². The van der Waals surface area contributed by atoms with Gasteiger partial charge in [-0.3, -0.25) is 4.79 Å². The zero-order valence-electron chi connectivity index (χ0n) is 13.7. The summed E-state index contributed by atoms with van der Waals surface area (Å²) >= 11 is 4.66. The maximum Gasteiger partial charge on any atom is 0.341 e. The van der Waals surface area contributed by atoms with Crippen LogP contribution in [0.2, 0.25) is 0 Å². The van der Waals surface area contributed by atoms with Crippen molar-refractivity contribution in [2.24, 2.45) is 0 Å². The number of methoxy groups -OCH3 is 1. The van der Waals surface area contributed by atoms with Crippen molar-refractivity contribution in [2.75, 3.05) is 12.4 Å². The molecule has 5 nitrogen and oxygen atoms in total. The molecule has 1 N–H and O–H groups in total. The minimum atomic E-state index is -0.505. The van der Waals surface area contributed by atoms with Crippen molar-refractivity contribution in [3.05, 3.63) is 69.9 Å². The fraction of sp³-hybridized carbons (Fsp3) is 0.0526. The summed E-state index contributed by atoms with van der Waals surface area (Å²) in [4.78, 5) is 24.4. The smallest absolute Gasteiger partial charge is 0.341 e. The minimum absolute atomic E-state index is 0.333. The minimum Gasteiger partial charge on any atom is -0.465 e. The van der Waals surface area contributed by atoms with E-state index < -0.39 is 5.97 Å². The van der Waals surface area contributed by atoms with E-state index in [1.165, 1.54) is 30.8 Å². The van der Waals surface area contributed by atoms with Gasteiger partial charge < -0.3 is 14.5 Å². The highest BCUT2D eigenvalue weighted by Gasteiger charge is 2.21. The Kier molecular flexibility index (Phi) is 5.70. The molecule has 7 heteroatoms. The van der Waals surface area contributed by atoms with Gasteiger partial charge in [-0.05, 0) is 35.9 Å². The fourth-order valence-corrected chi connectivity index (χ4v) is 3.52. The van der Waals surface area contributed by atoms with Crippen LogP contribution in [0.1, 0.15) is 16.1 Å². The molecule has 2 aromatic heterocycles. The monoisotopic (exact) mass is 431 g/mol. The molecule has 0 bridgehead atoms. The lowest BCUT2D eigenvalue weighted by Gasteiger charge is -2.06. The molecular formula is C19H14BrNO4S. The molecule has 2 heterocycles. The van der Waals surface area contributed by atoms with Crippen LogP contribution in [-0.2, 0) is 9.53 Å². The normalized spacial score (nSPS) is 10.8. The molecule has 0 aliphatic rings. The van der Waals surface area contributed by atoms with Crippen LogP contribution in [0.25, 0.3) is 17.2 Å². The van der Waals surface area contributed by atoms with Crippen LogP contribution in [0.5, 0.6) is 0 Å². The van der Waals surface area contributed by atoms with Crippen molar-refractivity contribution in [2.45, 2.75) is 0 Å². The standard InChI is InChI=1S/C19H14BrNO4S/c1-24-19(23)17-15(12-4-6-13(20)7-5-12)11-26-18(17)21-16(22)9-8-14-3-2-10-25-14/h2-11H,1H3,(H,21,22)/b9-8+. The Hall–Kier alpha value is -2.64. The second-order valence-electron chi connectivity index (χ2n) is 5.19. The van der Waals surface area contributed by atoms with Gasteiger partial charge in [0.25, 0.3) is 0 Å². The van der Waals surface area contributed by atoms with E-state index in [4.69, 9.17) is 9.15 Å². The van der Waals surface area contributed by atoms with Gasteiger partial charge in [0.2, 0.25) is 5.91 Å². The summed E-state index contributed by atoms with van der Waals surface area (Å²) in [5, 5.41) is 4.99. The number of carbonyl (C=O) groups is 2. The third-order valence-electron chi connectivity index (χ3n) is 3.51. The number of furan rings is 1. The number of halogens is 1. The average molecular weight is 432 g/mol. The molecule has 1 amide bonds. The first-order chi connectivity index (χ1) is 12.6. The van der Waals surface area contributed by atoms with E-state index >= 15 is 0 Å². The van der Waals surface area contributed by atoms with Crippen molar-refractivity contribution < 1.29 is 18.7 Å². The van der Waals surface area contributed by atoms with E-state index in [-0.39, 0.29) is 5.91 Å². The maximum absolute atomic E-state index is 12.3. The van der Waals surface area contributed by atoms with Crippen molar-refractivity contribution >= 4 is 50.2 Å². The summed E-state index contributed by atoms with van der Waals surface area (Å²) in [6.45, 7) is 0. The number of anilines is 1. The lowest BCUT2D eigenvalue weighted by Crippen LogP contribution is -2.11. The van der Waals surface area contributed by atoms with Gasteiger partial charge in [0, 0.05) is 21.5 Å². The van der Waals surface area contributed by atoms with E-state index in [1.807, 2.05) is 29.6 Å². The number of benzene rings is 1. The van der Waals surface area contributed by atoms with Crippen LogP contribution in [0, 0.1) is 0 Å². The molecule has 26 heavy (non-hydrogen) atoms. The van der Waals surface area contributed by atoms with E-state index in [2.05, 4.69) is 21.2 Å². The van der Waals surface area contributed by atoms with Gasteiger partial charge in [-0.25, -0.2) is 4.79 Å². The molecular weight excluding hydrogens is 418 g/mol. The van der Waals surface area contributed by atoms with Gasteiger partial charge in [-0.2, -0.15) is 0 Å². The molecule has 0 aliphatic heterocycles. The largest absolute Gasteiger partial charge is 0.465 e. The summed E-state index contributed by atoms with van der Waals surface area (Å²) in [5.74, 6) is -0.305. The van der Waals surface area contributed by atoms with Crippen molar-refractivity contribution in [1.82, 2.24) is 0 Å². The number of esters is 1. The van der Waals surface area contributed by atoms with Crippen LogP contribution in [0.15, 0.2) is 63.0 Å².